The molecule has 0 spiro atoms. The second-order valence-electron chi connectivity index (χ2n) is 12.7. The van der Waals surface area contributed by atoms with Gasteiger partial charge >= 0.3 is 18.3 Å². The van der Waals surface area contributed by atoms with E-state index in [2.05, 4.69) is 46.8 Å². The minimum atomic E-state index is -4.59. The number of aromatic nitrogens is 3. The largest absolute Gasteiger partial charge is 0.494 e. The van der Waals surface area contributed by atoms with Gasteiger partial charge in [0.05, 0.1) is 12.2 Å². The molecular formula is C32H41BrF3N7O5. The quantitative estimate of drug-likeness (QED) is 0.0906. The Bertz CT molecular complexity index is 1500. The number of nitrogens with one attached hydrogen (secondary N) is 3. The zero-order chi connectivity index (χ0) is 35.5. The smallest absolute Gasteiger partial charge is 0.422 e. The topological polar surface area (TPSA) is 151 Å². The van der Waals surface area contributed by atoms with Gasteiger partial charge in [-0.1, -0.05) is 41.9 Å². The monoisotopic (exact) mass is 739 g/mol. The SMILES string of the molecule is CC(C)(CNC(=O)c1ccc(Nc2cc(NCc3ccc(OCCCBr)cc3)nc(OCC(F)(F)F)n2)nc1)CN(C(=O)O)C(C)(C)C. The van der Waals surface area contributed by atoms with Crippen molar-refractivity contribution in [2.75, 3.05) is 42.3 Å². The fraction of sp³-hybridized carbons (Fsp3) is 0.469. The van der Waals surface area contributed by atoms with Crippen molar-refractivity contribution in [2.24, 2.45) is 5.41 Å². The predicted octanol–water partition coefficient (Wildman–Crippen LogP) is 6.87. The van der Waals surface area contributed by atoms with Crippen molar-refractivity contribution in [2.45, 2.75) is 59.3 Å². The first-order valence-corrected chi connectivity index (χ1v) is 16.2. The number of nitrogens with zero attached hydrogens (tertiary/aromatic N) is 4. The average molecular weight is 741 g/mol. The second-order valence-corrected chi connectivity index (χ2v) is 13.4. The highest BCUT2D eigenvalue weighted by Crippen LogP contribution is 2.24. The van der Waals surface area contributed by atoms with Crippen molar-refractivity contribution in [3.8, 4) is 11.8 Å². The Kier molecular flexibility index (Phi) is 13.2. The van der Waals surface area contributed by atoms with Crippen LogP contribution in [0.4, 0.5) is 35.4 Å². The van der Waals surface area contributed by atoms with Gasteiger partial charge in [-0.15, -0.1) is 0 Å². The van der Waals surface area contributed by atoms with Crippen LogP contribution in [0.2, 0.25) is 0 Å². The van der Waals surface area contributed by atoms with Gasteiger partial charge in [0.2, 0.25) is 0 Å². The normalized spacial score (nSPS) is 11.9. The van der Waals surface area contributed by atoms with E-state index in [1.165, 1.54) is 29.3 Å². The molecule has 3 rings (SSSR count). The Hall–Kier alpha value is -4.34. The lowest BCUT2D eigenvalue weighted by molar-refractivity contribution is -0.154. The molecule has 12 nitrogen and oxygen atoms in total. The summed E-state index contributed by atoms with van der Waals surface area (Å²) in [5.74, 6) is 0.882. The number of alkyl halides is 4. The van der Waals surface area contributed by atoms with Crippen molar-refractivity contribution in [3.63, 3.8) is 0 Å². The molecule has 0 radical (unpaired) electrons. The zero-order valence-electron chi connectivity index (χ0n) is 27.4. The number of rotatable bonds is 16. The number of benzene rings is 1. The number of pyridine rings is 1. The van der Waals surface area contributed by atoms with Gasteiger partial charge in [-0.25, -0.2) is 9.78 Å². The number of hydrogen-bond acceptors (Lipinski definition) is 9. The van der Waals surface area contributed by atoms with E-state index in [-0.39, 0.29) is 36.1 Å². The third kappa shape index (κ3) is 13.0. The van der Waals surface area contributed by atoms with Crippen LogP contribution in [0.15, 0.2) is 48.7 Å². The van der Waals surface area contributed by atoms with E-state index >= 15 is 0 Å². The van der Waals surface area contributed by atoms with E-state index in [9.17, 15) is 27.9 Å². The molecule has 2 aromatic heterocycles. The molecule has 0 aliphatic rings. The zero-order valence-corrected chi connectivity index (χ0v) is 29.0. The van der Waals surface area contributed by atoms with E-state index in [1.54, 1.807) is 20.8 Å². The van der Waals surface area contributed by atoms with Crippen molar-refractivity contribution < 1.29 is 37.3 Å². The third-order valence-electron chi connectivity index (χ3n) is 6.65. The summed E-state index contributed by atoms with van der Waals surface area (Å²) in [4.78, 5) is 38.2. The van der Waals surface area contributed by atoms with E-state index in [0.29, 0.717) is 13.2 Å². The molecule has 0 saturated heterocycles. The maximum Gasteiger partial charge on any atom is 0.422 e. The summed E-state index contributed by atoms with van der Waals surface area (Å²) in [7, 11) is 0. The van der Waals surface area contributed by atoms with E-state index in [0.717, 1.165) is 23.1 Å². The first-order chi connectivity index (χ1) is 22.4. The molecule has 0 unspecified atom stereocenters. The summed E-state index contributed by atoms with van der Waals surface area (Å²) >= 11 is 3.36. The van der Waals surface area contributed by atoms with E-state index in [4.69, 9.17) is 9.47 Å². The van der Waals surface area contributed by atoms with Crippen LogP contribution in [0.3, 0.4) is 0 Å². The van der Waals surface area contributed by atoms with Crippen molar-refractivity contribution in [1.82, 2.24) is 25.2 Å². The number of carbonyl (C=O) groups is 2. The average Bonchev–Trinajstić information content (AvgIpc) is 3.01. The molecule has 48 heavy (non-hydrogen) atoms. The molecule has 0 bridgehead atoms. The van der Waals surface area contributed by atoms with Gasteiger partial charge in [0.15, 0.2) is 6.61 Å². The molecule has 0 fully saturated rings. The Labute approximate surface area is 286 Å². The van der Waals surface area contributed by atoms with Gasteiger partial charge in [0, 0.05) is 42.8 Å². The number of halogens is 4. The van der Waals surface area contributed by atoms with Gasteiger partial charge in [-0.2, -0.15) is 23.1 Å². The van der Waals surface area contributed by atoms with Crippen LogP contribution in [-0.4, -0.2) is 80.3 Å². The van der Waals surface area contributed by atoms with Gasteiger partial charge in [0.1, 0.15) is 23.2 Å². The van der Waals surface area contributed by atoms with E-state index in [1.807, 2.05) is 38.1 Å². The summed E-state index contributed by atoms with van der Waals surface area (Å²) in [5.41, 5.74) is -0.0481. The van der Waals surface area contributed by atoms with Crippen LogP contribution in [0.5, 0.6) is 11.8 Å². The van der Waals surface area contributed by atoms with Crippen LogP contribution in [0.1, 0.15) is 57.0 Å². The minimum absolute atomic E-state index is 0.105. The number of amides is 2. The van der Waals surface area contributed by atoms with Gasteiger partial charge < -0.3 is 35.4 Å². The molecule has 0 saturated carbocycles. The first-order valence-electron chi connectivity index (χ1n) is 15.1. The Balaban J connectivity index is 1.66. The fourth-order valence-electron chi connectivity index (χ4n) is 4.16. The Morgan fingerprint density at radius 1 is 0.958 bits per heavy atom. The Morgan fingerprint density at radius 3 is 2.23 bits per heavy atom. The number of hydrogen-bond donors (Lipinski definition) is 4. The summed E-state index contributed by atoms with van der Waals surface area (Å²) in [6.45, 7) is 8.84. The predicted molar refractivity (Wildman–Crippen MR) is 179 cm³/mol. The molecule has 1 aromatic carbocycles. The number of ether oxygens (including phenoxy) is 2. The van der Waals surface area contributed by atoms with Crippen molar-refractivity contribution in [3.05, 3.63) is 59.8 Å². The van der Waals surface area contributed by atoms with Gasteiger partial charge in [0.25, 0.3) is 5.91 Å². The molecule has 2 heterocycles. The lowest BCUT2D eigenvalue weighted by atomic mass is 9.90. The molecule has 0 atom stereocenters. The van der Waals surface area contributed by atoms with Crippen LogP contribution in [0.25, 0.3) is 0 Å². The molecule has 4 N–H and O–H groups in total. The summed E-state index contributed by atoms with van der Waals surface area (Å²) in [6.07, 6.45) is -3.43. The number of carboxylic acid groups (broad SMARTS) is 1. The van der Waals surface area contributed by atoms with Crippen LogP contribution in [0, 0.1) is 5.41 Å². The van der Waals surface area contributed by atoms with Gasteiger partial charge in [-0.3, -0.25) is 4.79 Å². The lowest BCUT2D eigenvalue weighted by Gasteiger charge is -2.39. The van der Waals surface area contributed by atoms with E-state index < -0.39 is 41.7 Å². The molecule has 0 aliphatic carbocycles. The molecule has 16 heteroatoms. The summed E-state index contributed by atoms with van der Waals surface area (Å²) < 4.78 is 49.0. The highest BCUT2D eigenvalue weighted by molar-refractivity contribution is 9.09. The molecule has 3 aromatic rings. The van der Waals surface area contributed by atoms with Crippen molar-refractivity contribution in [1.29, 1.82) is 0 Å². The first kappa shape index (κ1) is 38.1. The van der Waals surface area contributed by atoms with Crippen LogP contribution >= 0.6 is 15.9 Å². The highest BCUT2D eigenvalue weighted by Gasteiger charge is 2.32. The summed E-state index contributed by atoms with van der Waals surface area (Å²) in [5, 5.41) is 19.2. The lowest BCUT2D eigenvalue weighted by Crippen LogP contribution is -2.51. The standard InChI is InChI=1S/C32H41BrF3N7O5/c1-30(2,3)43(29(45)46)19-31(4,5)18-39-27(44)22-9-12-24(38-17-22)40-26-15-25(41-28(42-26)48-20-32(34,35)36)37-16-21-7-10-23(11-8-21)47-14-6-13-33/h7-12,15,17H,6,13-14,16,18-20H2,1-5H3,(H,39,44)(H,45,46)(H2,37,38,40,41,42). The fourth-order valence-corrected chi connectivity index (χ4v) is 4.39. The molecular weight excluding hydrogens is 699 g/mol. The minimum Gasteiger partial charge on any atom is -0.494 e. The highest BCUT2D eigenvalue weighted by atomic mass is 79.9. The van der Waals surface area contributed by atoms with Crippen molar-refractivity contribution >= 4 is 45.4 Å². The molecule has 262 valence electrons. The third-order valence-corrected chi connectivity index (χ3v) is 7.21. The maximum absolute atomic E-state index is 12.9. The Morgan fingerprint density at radius 2 is 1.65 bits per heavy atom. The van der Waals surface area contributed by atoms with Gasteiger partial charge in [-0.05, 0) is 62.4 Å². The number of anilines is 3. The molecule has 2 amide bonds. The van der Waals surface area contributed by atoms with Crippen LogP contribution < -0.4 is 25.4 Å². The second kappa shape index (κ2) is 16.7. The molecule has 0 aliphatic heterocycles. The van der Waals surface area contributed by atoms with Crippen LogP contribution in [-0.2, 0) is 6.54 Å². The number of carbonyl (C=O) groups excluding carboxylic acids is 1. The maximum atomic E-state index is 12.9. The summed E-state index contributed by atoms with van der Waals surface area (Å²) in [6, 6.07) is 11.4.